The van der Waals surface area contributed by atoms with Crippen LogP contribution in [0.2, 0.25) is 0 Å². The van der Waals surface area contributed by atoms with Crippen LogP contribution in [-0.4, -0.2) is 55.0 Å². The van der Waals surface area contributed by atoms with E-state index in [1.54, 1.807) is 12.1 Å². The van der Waals surface area contributed by atoms with E-state index >= 15 is 0 Å². The zero-order chi connectivity index (χ0) is 15.9. The summed E-state index contributed by atoms with van der Waals surface area (Å²) in [5.74, 6) is 0.0426. The van der Waals surface area contributed by atoms with Crippen molar-refractivity contribution in [1.29, 1.82) is 0 Å². The Morgan fingerprint density at radius 1 is 1.27 bits per heavy atom. The summed E-state index contributed by atoms with van der Waals surface area (Å²) in [6.07, 6.45) is 0.928. The summed E-state index contributed by atoms with van der Waals surface area (Å²) in [4.78, 5) is 26.5. The second kappa shape index (κ2) is 7.74. The van der Waals surface area contributed by atoms with Gasteiger partial charge in [-0.2, -0.15) is 0 Å². The van der Waals surface area contributed by atoms with Gasteiger partial charge in [-0.25, -0.2) is 0 Å². The van der Waals surface area contributed by atoms with Crippen molar-refractivity contribution in [2.75, 3.05) is 44.2 Å². The fourth-order valence-electron chi connectivity index (χ4n) is 2.56. The molecule has 2 rings (SSSR count). The Balaban J connectivity index is 1.90. The van der Waals surface area contributed by atoms with E-state index in [0.717, 1.165) is 19.5 Å². The van der Waals surface area contributed by atoms with Crippen molar-refractivity contribution in [2.24, 2.45) is 0 Å². The van der Waals surface area contributed by atoms with Gasteiger partial charge in [0.15, 0.2) is 0 Å². The lowest BCUT2D eigenvalue weighted by molar-refractivity contribution is -0.384. The van der Waals surface area contributed by atoms with Gasteiger partial charge in [-0.3, -0.25) is 19.8 Å². The number of nitro benzene ring substituents is 1. The molecule has 1 aromatic rings. The molecule has 1 aliphatic rings. The van der Waals surface area contributed by atoms with E-state index < -0.39 is 0 Å². The molecule has 0 spiro atoms. The summed E-state index contributed by atoms with van der Waals surface area (Å²) in [5, 5.41) is 14.0. The minimum atomic E-state index is -0.347. The van der Waals surface area contributed by atoms with E-state index in [9.17, 15) is 14.9 Å². The second-order valence-electron chi connectivity index (χ2n) is 5.36. The fourth-order valence-corrected chi connectivity index (χ4v) is 2.56. The number of rotatable bonds is 6. The molecule has 7 nitrogen and oxygen atoms in total. The van der Waals surface area contributed by atoms with Gasteiger partial charge in [-0.15, -0.1) is 0 Å². The van der Waals surface area contributed by atoms with Crippen LogP contribution in [0, 0.1) is 10.1 Å². The van der Waals surface area contributed by atoms with Gasteiger partial charge in [-0.05, 0) is 12.5 Å². The smallest absolute Gasteiger partial charge is 0.292 e. The molecule has 0 saturated carbocycles. The molecule has 0 bridgehead atoms. The number of hydrogen-bond acceptors (Lipinski definition) is 5. The number of carbonyl (C=O) groups excluding carboxylic acids is 1. The number of para-hydroxylation sites is 2. The number of hydrogen-bond donors (Lipinski definition) is 1. The topological polar surface area (TPSA) is 78.7 Å². The maximum atomic E-state index is 11.7. The quantitative estimate of drug-likeness (QED) is 0.632. The van der Waals surface area contributed by atoms with Gasteiger partial charge >= 0.3 is 0 Å². The summed E-state index contributed by atoms with van der Waals surface area (Å²) >= 11 is 0. The molecule has 1 saturated heterocycles. The Kier molecular flexibility index (Phi) is 5.71. The largest absolute Gasteiger partial charge is 0.363 e. The average molecular weight is 306 g/mol. The van der Waals surface area contributed by atoms with Gasteiger partial charge in [0.25, 0.3) is 5.69 Å². The molecule has 0 atom stereocenters. The van der Waals surface area contributed by atoms with Crippen LogP contribution in [0.15, 0.2) is 24.3 Å². The molecule has 7 heteroatoms. The van der Waals surface area contributed by atoms with Crippen molar-refractivity contribution < 1.29 is 9.72 Å². The first-order valence-electron chi connectivity index (χ1n) is 7.59. The van der Waals surface area contributed by atoms with E-state index in [1.165, 1.54) is 6.07 Å². The lowest BCUT2D eigenvalue weighted by Gasteiger charge is -2.35. The van der Waals surface area contributed by atoms with Crippen molar-refractivity contribution in [3.63, 3.8) is 0 Å². The molecule has 0 unspecified atom stereocenters. The molecule has 120 valence electrons. The molecule has 1 aromatic carbocycles. The van der Waals surface area contributed by atoms with Crippen LogP contribution < -0.4 is 10.2 Å². The molecule has 0 aliphatic carbocycles. The summed E-state index contributed by atoms with van der Waals surface area (Å²) < 4.78 is 0. The zero-order valence-corrected chi connectivity index (χ0v) is 12.8. The highest BCUT2D eigenvalue weighted by Crippen LogP contribution is 2.28. The molecule has 0 radical (unpaired) electrons. The minimum Gasteiger partial charge on any atom is -0.363 e. The van der Waals surface area contributed by atoms with Gasteiger partial charge in [0.1, 0.15) is 5.69 Å². The number of benzene rings is 1. The number of carbonyl (C=O) groups is 1. The molecule has 22 heavy (non-hydrogen) atoms. The highest BCUT2D eigenvalue weighted by atomic mass is 16.6. The second-order valence-corrected chi connectivity index (χ2v) is 5.36. The summed E-state index contributed by atoms with van der Waals surface area (Å²) in [7, 11) is 0. The number of nitro groups is 1. The molecule has 1 heterocycles. The molecule has 1 amide bonds. The summed E-state index contributed by atoms with van der Waals surface area (Å²) in [6, 6.07) is 6.80. The molecular weight excluding hydrogens is 284 g/mol. The van der Waals surface area contributed by atoms with Crippen molar-refractivity contribution in [3.05, 3.63) is 34.4 Å². The maximum absolute atomic E-state index is 11.7. The van der Waals surface area contributed by atoms with Gasteiger partial charge < -0.3 is 10.2 Å². The Hall–Kier alpha value is -2.15. The predicted molar refractivity (Wildman–Crippen MR) is 85.1 cm³/mol. The van der Waals surface area contributed by atoms with Crippen LogP contribution in [0.25, 0.3) is 0 Å². The van der Waals surface area contributed by atoms with Gasteiger partial charge in [-0.1, -0.05) is 19.1 Å². The first-order chi connectivity index (χ1) is 10.6. The summed E-state index contributed by atoms with van der Waals surface area (Å²) in [6.45, 7) is 5.94. The lowest BCUT2D eigenvalue weighted by atomic mass is 10.2. The number of anilines is 1. The first-order valence-corrected chi connectivity index (χ1v) is 7.59. The van der Waals surface area contributed by atoms with Crippen LogP contribution >= 0.6 is 0 Å². The standard InChI is InChI=1S/C15H22N4O3/c1-2-7-16-15(20)12-17-8-10-18(11-9-17)13-5-3-4-6-14(13)19(21)22/h3-6H,2,7-12H2,1H3,(H,16,20). The highest BCUT2D eigenvalue weighted by molar-refractivity contribution is 5.78. The molecular formula is C15H22N4O3. The van der Waals surface area contributed by atoms with Crippen LogP contribution in [-0.2, 0) is 4.79 Å². The summed E-state index contributed by atoms with van der Waals surface area (Å²) in [5.41, 5.74) is 0.791. The van der Waals surface area contributed by atoms with Gasteiger partial charge in [0, 0.05) is 38.8 Å². The molecule has 0 aromatic heterocycles. The van der Waals surface area contributed by atoms with Crippen molar-refractivity contribution in [1.82, 2.24) is 10.2 Å². The fraction of sp³-hybridized carbons (Fsp3) is 0.533. The highest BCUT2D eigenvalue weighted by Gasteiger charge is 2.23. The predicted octanol–water partition coefficient (Wildman–Crippen LogP) is 1.24. The molecule has 1 N–H and O–H groups in total. The zero-order valence-electron chi connectivity index (χ0n) is 12.8. The molecule has 1 aliphatic heterocycles. The van der Waals surface area contributed by atoms with Crippen LogP contribution in [0.1, 0.15) is 13.3 Å². The van der Waals surface area contributed by atoms with Crippen molar-refractivity contribution >= 4 is 17.3 Å². The lowest BCUT2D eigenvalue weighted by Crippen LogP contribution is -2.49. The average Bonchev–Trinajstić information content (AvgIpc) is 2.53. The van der Waals surface area contributed by atoms with Gasteiger partial charge in [0.2, 0.25) is 5.91 Å². The third-order valence-electron chi connectivity index (χ3n) is 3.73. The van der Waals surface area contributed by atoms with E-state index in [-0.39, 0.29) is 16.5 Å². The van der Waals surface area contributed by atoms with Gasteiger partial charge in [0.05, 0.1) is 11.5 Å². The van der Waals surface area contributed by atoms with Crippen LogP contribution in [0.4, 0.5) is 11.4 Å². The van der Waals surface area contributed by atoms with Crippen molar-refractivity contribution in [3.8, 4) is 0 Å². The number of piperazine rings is 1. The Morgan fingerprint density at radius 2 is 1.95 bits per heavy atom. The maximum Gasteiger partial charge on any atom is 0.292 e. The Morgan fingerprint density at radius 3 is 2.59 bits per heavy atom. The van der Waals surface area contributed by atoms with E-state index in [2.05, 4.69) is 10.2 Å². The minimum absolute atomic E-state index is 0.0426. The SMILES string of the molecule is CCCNC(=O)CN1CCN(c2ccccc2[N+](=O)[O-])CC1. The normalized spacial score (nSPS) is 15.6. The molecule has 1 fully saturated rings. The number of amides is 1. The third-order valence-corrected chi connectivity index (χ3v) is 3.73. The van der Waals surface area contributed by atoms with E-state index in [0.29, 0.717) is 31.9 Å². The number of nitrogens with zero attached hydrogens (tertiary/aromatic N) is 3. The van der Waals surface area contributed by atoms with Crippen molar-refractivity contribution in [2.45, 2.75) is 13.3 Å². The van der Waals surface area contributed by atoms with E-state index in [1.807, 2.05) is 17.9 Å². The first kappa shape index (κ1) is 16.2. The Labute approximate surface area is 130 Å². The Bertz CT molecular complexity index is 527. The monoisotopic (exact) mass is 306 g/mol. The number of nitrogens with one attached hydrogen (secondary N) is 1. The third kappa shape index (κ3) is 4.17. The van der Waals surface area contributed by atoms with E-state index in [4.69, 9.17) is 0 Å². The van der Waals surface area contributed by atoms with Crippen LogP contribution in [0.3, 0.4) is 0 Å². The van der Waals surface area contributed by atoms with Crippen LogP contribution in [0.5, 0.6) is 0 Å².